The Morgan fingerprint density at radius 2 is 1.85 bits per heavy atom. The van der Waals surface area contributed by atoms with Crippen LogP contribution < -0.4 is 5.32 Å². The lowest BCUT2D eigenvalue weighted by molar-refractivity contribution is -0.123. The number of carbonyl (C=O) groups excluding carboxylic acids is 1. The van der Waals surface area contributed by atoms with Gasteiger partial charge in [0.1, 0.15) is 12.1 Å². The van der Waals surface area contributed by atoms with E-state index in [9.17, 15) is 4.79 Å². The van der Waals surface area contributed by atoms with Crippen molar-refractivity contribution in [3.05, 3.63) is 24.3 Å². The molecule has 2 aromatic rings. The van der Waals surface area contributed by atoms with Gasteiger partial charge in [-0.1, -0.05) is 17.3 Å². The van der Waals surface area contributed by atoms with E-state index >= 15 is 0 Å². The second-order valence-corrected chi connectivity index (χ2v) is 7.51. The molecule has 1 N–H and O–H groups in total. The molecule has 0 spiro atoms. The summed E-state index contributed by atoms with van der Waals surface area (Å²) in [6.07, 6.45) is 1.94. The lowest BCUT2D eigenvalue weighted by atomic mass is 9.79. The first-order valence-corrected chi connectivity index (χ1v) is 9.67. The molecule has 1 aromatic carbocycles. The van der Waals surface area contributed by atoms with Crippen LogP contribution in [0.2, 0.25) is 0 Å². The number of hydrogen-bond acceptors (Lipinski definition) is 6. The smallest absolute Gasteiger partial charge is 0.241 e. The molecule has 2 aliphatic heterocycles. The van der Waals surface area contributed by atoms with Gasteiger partial charge in [0.15, 0.2) is 0 Å². The third-order valence-electron chi connectivity index (χ3n) is 5.59. The van der Waals surface area contributed by atoms with Gasteiger partial charge >= 0.3 is 0 Å². The van der Waals surface area contributed by atoms with E-state index in [1.165, 1.54) is 0 Å². The van der Waals surface area contributed by atoms with Gasteiger partial charge in [-0.2, -0.15) is 0 Å². The molecule has 0 aliphatic carbocycles. The summed E-state index contributed by atoms with van der Waals surface area (Å²) < 4.78 is 12.7. The van der Waals surface area contributed by atoms with E-state index in [4.69, 9.17) is 9.47 Å². The Kier molecular flexibility index (Phi) is 5.66. The van der Waals surface area contributed by atoms with Crippen LogP contribution in [-0.2, 0) is 20.8 Å². The van der Waals surface area contributed by atoms with E-state index in [0.29, 0.717) is 6.54 Å². The van der Waals surface area contributed by atoms with Crippen LogP contribution in [0, 0.1) is 5.41 Å². The molecule has 4 rings (SSSR count). The number of amides is 1. The second kappa shape index (κ2) is 8.33. The van der Waals surface area contributed by atoms with Gasteiger partial charge in [0.05, 0.1) is 18.7 Å². The summed E-state index contributed by atoms with van der Waals surface area (Å²) in [5, 5.41) is 11.4. The highest BCUT2D eigenvalue weighted by molar-refractivity contribution is 5.79. The summed E-state index contributed by atoms with van der Waals surface area (Å²) in [5.74, 6) is -0.0292. The number of nitrogens with zero attached hydrogens (tertiary/aromatic N) is 4. The summed E-state index contributed by atoms with van der Waals surface area (Å²) in [5.41, 5.74) is 1.75. The maximum atomic E-state index is 12.6. The third kappa shape index (κ3) is 4.45. The lowest BCUT2D eigenvalue weighted by Gasteiger charge is -2.42. The molecule has 146 valence electrons. The van der Waals surface area contributed by atoms with E-state index in [2.05, 4.69) is 20.5 Å². The van der Waals surface area contributed by atoms with Crippen LogP contribution in [-0.4, -0.2) is 78.4 Å². The van der Waals surface area contributed by atoms with Crippen LogP contribution in [0.1, 0.15) is 12.8 Å². The van der Waals surface area contributed by atoms with Gasteiger partial charge in [-0.25, -0.2) is 4.68 Å². The number of para-hydroxylation sites is 1. The monoisotopic (exact) mass is 373 g/mol. The molecule has 27 heavy (non-hydrogen) atoms. The zero-order valence-corrected chi connectivity index (χ0v) is 15.6. The lowest BCUT2D eigenvalue weighted by Crippen LogP contribution is -2.51. The van der Waals surface area contributed by atoms with Crippen LogP contribution >= 0.6 is 0 Å². The largest absolute Gasteiger partial charge is 0.381 e. The molecular weight excluding hydrogens is 346 g/mol. The van der Waals surface area contributed by atoms with Crippen molar-refractivity contribution in [1.82, 2.24) is 25.2 Å². The number of ether oxygens (including phenoxy) is 2. The molecule has 2 fully saturated rings. The van der Waals surface area contributed by atoms with E-state index < -0.39 is 0 Å². The molecule has 2 aliphatic rings. The first-order valence-electron chi connectivity index (χ1n) is 9.67. The maximum absolute atomic E-state index is 12.6. The number of carbonyl (C=O) groups is 1. The first-order chi connectivity index (χ1) is 13.2. The van der Waals surface area contributed by atoms with Crippen molar-refractivity contribution in [2.75, 3.05) is 52.6 Å². The highest BCUT2D eigenvalue weighted by Crippen LogP contribution is 2.31. The number of fused-ring (bicyclic) bond motifs is 1. The molecule has 2 saturated heterocycles. The molecule has 1 amide bonds. The number of hydrogen-bond donors (Lipinski definition) is 1. The van der Waals surface area contributed by atoms with Crippen molar-refractivity contribution in [3.63, 3.8) is 0 Å². The third-order valence-corrected chi connectivity index (χ3v) is 5.59. The predicted octanol–water partition coefficient (Wildman–Crippen LogP) is 0.677. The zero-order valence-electron chi connectivity index (χ0n) is 15.6. The minimum absolute atomic E-state index is 0.0292. The maximum Gasteiger partial charge on any atom is 0.241 e. The quantitative estimate of drug-likeness (QED) is 0.802. The SMILES string of the molecule is O=C(Cn1nnc2ccccc21)NCC1(CN2CCOCC2)CCOCC1. The minimum Gasteiger partial charge on any atom is -0.381 e. The summed E-state index contributed by atoms with van der Waals surface area (Å²) in [6.45, 7) is 6.84. The number of rotatable bonds is 6. The summed E-state index contributed by atoms with van der Waals surface area (Å²) >= 11 is 0. The van der Waals surface area contributed by atoms with Crippen molar-refractivity contribution < 1.29 is 14.3 Å². The molecule has 8 heteroatoms. The Morgan fingerprint density at radius 1 is 1.11 bits per heavy atom. The van der Waals surface area contributed by atoms with Gasteiger partial charge in [-0.05, 0) is 25.0 Å². The van der Waals surface area contributed by atoms with Crippen LogP contribution in [0.4, 0.5) is 0 Å². The number of morpholine rings is 1. The summed E-state index contributed by atoms with van der Waals surface area (Å²) in [4.78, 5) is 15.0. The predicted molar refractivity (Wildman–Crippen MR) is 100 cm³/mol. The highest BCUT2D eigenvalue weighted by Gasteiger charge is 2.35. The van der Waals surface area contributed by atoms with E-state index in [0.717, 1.165) is 69.9 Å². The van der Waals surface area contributed by atoms with Gasteiger partial charge in [-0.3, -0.25) is 9.69 Å². The zero-order chi connectivity index (χ0) is 18.5. The van der Waals surface area contributed by atoms with Gasteiger partial charge in [0, 0.05) is 44.8 Å². The van der Waals surface area contributed by atoms with Crippen LogP contribution in [0.25, 0.3) is 11.0 Å². The molecule has 1 aromatic heterocycles. The van der Waals surface area contributed by atoms with Gasteiger partial charge in [-0.15, -0.1) is 5.10 Å². The molecule has 0 bridgehead atoms. The van der Waals surface area contributed by atoms with Crippen LogP contribution in [0.5, 0.6) is 0 Å². The summed E-state index contributed by atoms with van der Waals surface area (Å²) in [7, 11) is 0. The fourth-order valence-corrected chi connectivity index (χ4v) is 3.94. The molecule has 0 atom stereocenters. The number of nitrogens with one attached hydrogen (secondary N) is 1. The van der Waals surface area contributed by atoms with Crippen molar-refractivity contribution in [2.45, 2.75) is 19.4 Å². The van der Waals surface area contributed by atoms with Gasteiger partial charge in [0.25, 0.3) is 0 Å². The molecule has 0 unspecified atom stereocenters. The number of aromatic nitrogens is 3. The highest BCUT2D eigenvalue weighted by atomic mass is 16.5. The Labute approximate surface area is 158 Å². The fraction of sp³-hybridized carbons (Fsp3) is 0.632. The van der Waals surface area contributed by atoms with Gasteiger partial charge < -0.3 is 14.8 Å². The summed E-state index contributed by atoms with van der Waals surface area (Å²) in [6, 6.07) is 7.68. The minimum atomic E-state index is -0.0292. The fourth-order valence-electron chi connectivity index (χ4n) is 3.94. The average molecular weight is 373 g/mol. The molecule has 3 heterocycles. The molecular formula is C19H27N5O3. The van der Waals surface area contributed by atoms with Crippen LogP contribution in [0.15, 0.2) is 24.3 Å². The van der Waals surface area contributed by atoms with Crippen LogP contribution in [0.3, 0.4) is 0 Å². The Balaban J connectivity index is 1.37. The number of benzene rings is 1. The molecule has 0 radical (unpaired) electrons. The molecule has 0 saturated carbocycles. The van der Waals surface area contributed by atoms with Crippen molar-refractivity contribution in [2.24, 2.45) is 5.41 Å². The first kappa shape index (κ1) is 18.3. The Hall–Kier alpha value is -2.03. The van der Waals surface area contributed by atoms with E-state index in [1.54, 1.807) is 4.68 Å². The normalized spacial score (nSPS) is 20.6. The Morgan fingerprint density at radius 3 is 2.67 bits per heavy atom. The standard InChI is InChI=1S/C19H27N5O3/c25-18(13-24-17-4-2-1-3-16(17)21-22-24)20-14-19(5-9-26-10-6-19)15-23-7-11-27-12-8-23/h1-4H,5-15H2,(H,20,25). The van der Waals surface area contributed by atoms with Crippen molar-refractivity contribution in [1.29, 1.82) is 0 Å². The topological polar surface area (TPSA) is 81.5 Å². The second-order valence-electron chi connectivity index (χ2n) is 7.51. The van der Waals surface area contributed by atoms with Crippen molar-refractivity contribution >= 4 is 16.9 Å². The van der Waals surface area contributed by atoms with E-state index in [1.807, 2.05) is 24.3 Å². The average Bonchev–Trinajstić information content (AvgIpc) is 3.11. The van der Waals surface area contributed by atoms with Crippen molar-refractivity contribution in [3.8, 4) is 0 Å². The Bertz CT molecular complexity index is 766. The molecule has 8 nitrogen and oxygen atoms in total. The van der Waals surface area contributed by atoms with E-state index in [-0.39, 0.29) is 17.9 Å². The van der Waals surface area contributed by atoms with Gasteiger partial charge in [0.2, 0.25) is 5.91 Å².